The molecule has 8 nitrogen and oxygen atoms in total. The normalized spacial score (nSPS) is 18.5. The molecule has 1 aromatic carbocycles. The second-order valence-corrected chi connectivity index (χ2v) is 6.92. The predicted molar refractivity (Wildman–Crippen MR) is 96.2 cm³/mol. The van der Waals surface area contributed by atoms with Crippen molar-refractivity contribution in [1.29, 1.82) is 0 Å². The number of fused-ring (bicyclic) bond motifs is 1. The lowest BCUT2D eigenvalue weighted by Crippen LogP contribution is -2.40. The van der Waals surface area contributed by atoms with Gasteiger partial charge in [0, 0.05) is 31.4 Å². The van der Waals surface area contributed by atoms with Crippen molar-refractivity contribution in [3.8, 4) is 11.5 Å². The summed E-state index contributed by atoms with van der Waals surface area (Å²) in [5.74, 6) is 1.99. The Morgan fingerprint density at radius 2 is 2.11 bits per heavy atom. The summed E-state index contributed by atoms with van der Waals surface area (Å²) in [5.41, 5.74) is 6.22. The van der Waals surface area contributed by atoms with Crippen LogP contribution >= 0.6 is 0 Å². The minimum atomic E-state index is -0.402. The van der Waals surface area contributed by atoms with Gasteiger partial charge >= 0.3 is 0 Å². The number of aromatic nitrogens is 2. The summed E-state index contributed by atoms with van der Waals surface area (Å²) in [6, 6.07) is 5.60. The zero-order valence-electron chi connectivity index (χ0n) is 15.0. The number of carbonyl (C=O) groups excluding carboxylic acids is 2. The maximum Gasteiger partial charge on any atom is 0.237 e. The second-order valence-electron chi connectivity index (χ2n) is 6.92. The summed E-state index contributed by atoms with van der Waals surface area (Å²) in [6.07, 6.45) is 5.59. The molecule has 2 aliphatic heterocycles. The van der Waals surface area contributed by atoms with E-state index < -0.39 is 5.91 Å². The molecule has 1 fully saturated rings. The molecule has 27 heavy (non-hydrogen) atoms. The number of benzene rings is 1. The van der Waals surface area contributed by atoms with Crippen LogP contribution in [-0.4, -0.2) is 46.1 Å². The van der Waals surface area contributed by atoms with Gasteiger partial charge < -0.3 is 24.7 Å². The number of hydrogen-bond acceptors (Lipinski definition) is 5. The van der Waals surface area contributed by atoms with Crippen molar-refractivity contribution >= 4 is 11.8 Å². The number of ether oxygens (including phenoxy) is 2. The average Bonchev–Trinajstić information content (AvgIpc) is 3.30. The Morgan fingerprint density at radius 1 is 1.26 bits per heavy atom. The van der Waals surface area contributed by atoms with E-state index in [1.54, 1.807) is 17.0 Å². The lowest BCUT2D eigenvalue weighted by atomic mass is 9.96. The molecule has 8 heteroatoms. The molecule has 0 bridgehead atoms. The highest BCUT2D eigenvalue weighted by atomic mass is 16.7. The van der Waals surface area contributed by atoms with Crippen molar-refractivity contribution < 1.29 is 19.1 Å². The van der Waals surface area contributed by atoms with E-state index in [0.29, 0.717) is 24.5 Å². The van der Waals surface area contributed by atoms with Crippen molar-refractivity contribution in [2.24, 2.45) is 5.73 Å². The third-order valence-electron chi connectivity index (χ3n) is 5.01. The maximum atomic E-state index is 12.8. The van der Waals surface area contributed by atoms with Crippen LogP contribution in [0.15, 0.2) is 30.6 Å². The van der Waals surface area contributed by atoms with Gasteiger partial charge in [0.15, 0.2) is 11.5 Å². The molecule has 2 aromatic rings. The molecular formula is C19H22N4O4. The second kappa shape index (κ2) is 7.30. The molecule has 0 radical (unpaired) electrons. The first kappa shape index (κ1) is 17.4. The standard InChI is InChI=1S/C19H22N4O4/c20-17(24)11-23-7-5-21-19(23)14-2-1-6-22(10-14)18(25)9-13-3-4-15-16(8-13)27-12-26-15/h3-5,7-8,14H,1-2,6,9-12H2,(H2,20,24). The van der Waals surface area contributed by atoms with E-state index in [-0.39, 0.29) is 25.2 Å². The molecule has 2 N–H and O–H groups in total. The van der Waals surface area contributed by atoms with Crippen molar-refractivity contribution in [2.45, 2.75) is 31.7 Å². The molecule has 0 aliphatic carbocycles. The van der Waals surface area contributed by atoms with Crippen molar-refractivity contribution in [3.05, 3.63) is 42.0 Å². The smallest absolute Gasteiger partial charge is 0.237 e. The average molecular weight is 370 g/mol. The Hall–Kier alpha value is -3.03. The van der Waals surface area contributed by atoms with Crippen LogP contribution < -0.4 is 15.2 Å². The van der Waals surface area contributed by atoms with Crippen LogP contribution in [0.4, 0.5) is 0 Å². The number of amides is 2. The number of piperidine rings is 1. The fraction of sp³-hybridized carbons (Fsp3) is 0.421. The van der Waals surface area contributed by atoms with Crippen LogP contribution in [0, 0.1) is 0 Å². The van der Waals surface area contributed by atoms with Crippen LogP contribution in [0.3, 0.4) is 0 Å². The summed E-state index contributed by atoms with van der Waals surface area (Å²) in [5, 5.41) is 0. The summed E-state index contributed by atoms with van der Waals surface area (Å²) in [6.45, 7) is 1.66. The van der Waals surface area contributed by atoms with Crippen LogP contribution in [0.2, 0.25) is 0 Å². The Morgan fingerprint density at radius 3 is 2.96 bits per heavy atom. The summed E-state index contributed by atoms with van der Waals surface area (Å²) < 4.78 is 12.5. The molecule has 1 saturated heterocycles. The van der Waals surface area contributed by atoms with Gasteiger partial charge in [0.1, 0.15) is 12.4 Å². The van der Waals surface area contributed by atoms with Crippen molar-refractivity contribution in [3.63, 3.8) is 0 Å². The third-order valence-corrected chi connectivity index (χ3v) is 5.01. The molecule has 3 heterocycles. The molecule has 1 atom stereocenters. The van der Waals surface area contributed by atoms with Gasteiger partial charge in [-0.05, 0) is 30.5 Å². The van der Waals surface area contributed by atoms with E-state index >= 15 is 0 Å². The topological polar surface area (TPSA) is 99.7 Å². The van der Waals surface area contributed by atoms with Crippen molar-refractivity contribution in [2.75, 3.05) is 19.9 Å². The van der Waals surface area contributed by atoms with E-state index in [0.717, 1.165) is 30.8 Å². The number of rotatable bonds is 5. The number of nitrogens with two attached hydrogens (primary N) is 1. The zero-order chi connectivity index (χ0) is 18.8. The number of carbonyl (C=O) groups is 2. The minimum Gasteiger partial charge on any atom is -0.454 e. The predicted octanol–water partition coefficient (Wildman–Crippen LogP) is 1.05. The molecule has 2 amide bonds. The Balaban J connectivity index is 1.43. The number of nitrogens with zero attached hydrogens (tertiary/aromatic N) is 3. The van der Waals surface area contributed by atoms with E-state index in [4.69, 9.17) is 15.2 Å². The molecule has 1 aromatic heterocycles. The monoisotopic (exact) mass is 370 g/mol. The molecule has 2 aliphatic rings. The summed E-state index contributed by atoms with van der Waals surface area (Å²) in [7, 11) is 0. The van der Waals surface area contributed by atoms with Crippen LogP contribution in [0.25, 0.3) is 0 Å². The number of primary amides is 1. The third kappa shape index (κ3) is 3.74. The Labute approximate surface area is 156 Å². The molecule has 142 valence electrons. The summed E-state index contributed by atoms with van der Waals surface area (Å²) >= 11 is 0. The number of hydrogen-bond donors (Lipinski definition) is 1. The van der Waals surface area contributed by atoms with Crippen LogP contribution in [0.1, 0.15) is 30.1 Å². The van der Waals surface area contributed by atoms with E-state index in [9.17, 15) is 9.59 Å². The SMILES string of the molecule is NC(=O)Cn1ccnc1C1CCCN(C(=O)Cc2ccc3c(c2)OCO3)C1. The van der Waals surface area contributed by atoms with E-state index in [1.807, 2.05) is 23.1 Å². The van der Waals surface area contributed by atoms with Gasteiger partial charge in [0.05, 0.1) is 6.42 Å². The zero-order valence-corrected chi connectivity index (χ0v) is 15.0. The van der Waals surface area contributed by atoms with Crippen molar-refractivity contribution in [1.82, 2.24) is 14.5 Å². The first-order valence-electron chi connectivity index (χ1n) is 9.06. The highest BCUT2D eigenvalue weighted by Crippen LogP contribution is 2.33. The van der Waals surface area contributed by atoms with Gasteiger partial charge in [0.2, 0.25) is 18.6 Å². The quantitative estimate of drug-likeness (QED) is 0.848. The Bertz CT molecular complexity index is 863. The number of likely N-dealkylation sites (tertiary alicyclic amines) is 1. The van der Waals surface area contributed by atoms with Gasteiger partial charge in [-0.3, -0.25) is 9.59 Å². The first-order valence-corrected chi connectivity index (χ1v) is 9.06. The van der Waals surface area contributed by atoms with Gasteiger partial charge in [-0.2, -0.15) is 0 Å². The van der Waals surface area contributed by atoms with Gasteiger partial charge in [-0.25, -0.2) is 4.98 Å². The fourth-order valence-corrected chi connectivity index (χ4v) is 3.73. The minimum absolute atomic E-state index is 0.0755. The molecule has 0 saturated carbocycles. The largest absolute Gasteiger partial charge is 0.454 e. The maximum absolute atomic E-state index is 12.8. The molecule has 1 unspecified atom stereocenters. The highest BCUT2D eigenvalue weighted by Gasteiger charge is 2.28. The first-order chi connectivity index (χ1) is 13.1. The lowest BCUT2D eigenvalue weighted by molar-refractivity contribution is -0.131. The molecular weight excluding hydrogens is 348 g/mol. The molecule has 0 spiro atoms. The van der Waals surface area contributed by atoms with Gasteiger partial charge in [-0.1, -0.05) is 6.07 Å². The van der Waals surface area contributed by atoms with E-state index in [1.165, 1.54) is 0 Å². The highest BCUT2D eigenvalue weighted by molar-refractivity contribution is 5.79. The van der Waals surface area contributed by atoms with Gasteiger partial charge in [0.25, 0.3) is 0 Å². The number of imidazole rings is 1. The summed E-state index contributed by atoms with van der Waals surface area (Å²) in [4.78, 5) is 30.3. The van der Waals surface area contributed by atoms with Gasteiger partial charge in [-0.15, -0.1) is 0 Å². The Kier molecular flexibility index (Phi) is 4.70. The molecule has 4 rings (SSSR count). The fourth-order valence-electron chi connectivity index (χ4n) is 3.73. The van der Waals surface area contributed by atoms with E-state index in [2.05, 4.69) is 4.98 Å². The lowest BCUT2D eigenvalue weighted by Gasteiger charge is -2.32. The van der Waals surface area contributed by atoms with Crippen LogP contribution in [0.5, 0.6) is 11.5 Å². The van der Waals surface area contributed by atoms with Crippen LogP contribution in [-0.2, 0) is 22.6 Å².